The number of nitrogens with one attached hydrogen (secondary N) is 1. The average molecular weight is 320 g/mol. The molecule has 0 bridgehead atoms. The monoisotopic (exact) mass is 320 g/mol. The maximum Gasteiger partial charge on any atom is 0.237 e. The zero-order valence-electron chi connectivity index (χ0n) is 13.0. The zero-order valence-corrected chi connectivity index (χ0v) is 13.8. The Kier molecular flexibility index (Phi) is 5.75. The number of carbonyl (C=O) groups excluding carboxylic acids is 2. The molecular weight excluding hydrogens is 296 g/mol. The van der Waals surface area contributed by atoms with Gasteiger partial charge in [-0.1, -0.05) is 0 Å². The van der Waals surface area contributed by atoms with Crippen molar-refractivity contribution in [2.45, 2.75) is 26.3 Å². The van der Waals surface area contributed by atoms with Crippen LogP contribution in [0.3, 0.4) is 0 Å². The lowest BCUT2D eigenvalue weighted by atomic mass is 9.89. The molecule has 1 N–H and O–H groups in total. The van der Waals surface area contributed by atoms with E-state index in [1.54, 1.807) is 7.05 Å². The molecule has 1 aliphatic rings. The van der Waals surface area contributed by atoms with Crippen LogP contribution in [0.2, 0.25) is 0 Å². The van der Waals surface area contributed by atoms with E-state index in [1.165, 1.54) is 25.9 Å². The van der Waals surface area contributed by atoms with E-state index in [1.807, 2.05) is 0 Å². The van der Waals surface area contributed by atoms with Crippen molar-refractivity contribution in [1.82, 2.24) is 10.2 Å². The number of hydrogen-bond donors (Lipinski definition) is 1. The van der Waals surface area contributed by atoms with Crippen molar-refractivity contribution in [3.63, 3.8) is 0 Å². The van der Waals surface area contributed by atoms with Gasteiger partial charge in [0.1, 0.15) is 5.41 Å². The van der Waals surface area contributed by atoms with Crippen LogP contribution >= 0.6 is 0 Å². The molecule has 0 aliphatic carbocycles. The molecule has 1 atom stereocenters. The smallest absolute Gasteiger partial charge is 0.237 e. The van der Waals surface area contributed by atoms with E-state index in [0.29, 0.717) is 19.6 Å². The molecule has 1 saturated heterocycles. The van der Waals surface area contributed by atoms with Crippen LogP contribution in [-0.2, 0) is 24.2 Å². The molecule has 0 aromatic carbocycles. The highest BCUT2D eigenvalue weighted by Crippen LogP contribution is 2.24. The van der Waals surface area contributed by atoms with Gasteiger partial charge in [0, 0.05) is 26.7 Å². The fourth-order valence-corrected chi connectivity index (χ4v) is 4.05. The van der Waals surface area contributed by atoms with Crippen molar-refractivity contribution >= 4 is 21.7 Å². The number of nitrogens with zero attached hydrogens (tertiary/aromatic N) is 1. The SMILES string of the molecule is COCCNC(=O)C(C)(C)C(=O)N(C)C1CCS(=O)(=O)C1. The third-order valence-corrected chi connectivity index (χ3v) is 5.52. The van der Waals surface area contributed by atoms with Crippen LogP contribution in [0.5, 0.6) is 0 Å². The third kappa shape index (κ3) is 4.41. The first kappa shape index (κ1) is 17.9. The molecule has 0 saturated carbocycles. The molecule has 2 amide bonds. The van der Waals surface area contributed by atoms with Crippen molar-refractivity contribution in [1.29, 1.82) is 0 Å². The van der Waals surface area contributed by atoms with Gasteiger partial charge in [-0.3, -0.25) is 9.59 Å². The fourth-order valence-electron chi connectivity index (χ4n) is 2.27. The van der Waals surface area contributed by atoms with Crippen LogP contribution in [0, 0.1) is 5.41 Å². The second-order valence-electron chi connectivity index (χ2n) is 5.85. The Bertz CT molecular complexity index is 501. The first-order valence-electron chi connectivity index (χ1n) is 6.86. The summed E-state index contributed by atoms with van der Waals surface area (Å²) < 4.78 is 27.8. The van der Waals surface area contributed by atoms with E-state index >= 15 is 0 Å². The van der Waals surface area contributed by atoms with Crippen LogP contribution in [-0.4, -0.2) is 70.0 Å². The number of amides is 2. The topological polar surface area (TPSA) is 92.8 Å². The van der Waals surface area contributed by atoms with Crippen LogP contribution in [0.15, 0.2) is 0 Å². The summed E-state index contributed by atoms with van der Waals surface area (Å²) in [6.45, 7) is 3.77. The molecule has 1 rings (SSSR count). The highest BCUT2D eigenvalue weighted by molar-refractivity contribution is 7.91. The summed E-state index contributed by atoms with van der Waals surface area (Å²) in [6.07, 6.45) is 0.423. The normalized spacial score (nSPS) is 21.0. The summed E-state index contributed by atoms with van der Waals surface area (Å²) in [5.41, 5.74) is -1.24. The number of rotatable bonds is 6. The number of sulfone groups is 1. The van der Waals surface area contributed by atoms with E-state index in [-0.39, 0.29) is 23.5 Å². The Labute approximate surface area is 125 Å². The van der Waals surface area contributed by atoms with Gasteiger partial charge >= 0.3 is 0 Å². The Hall–Kier alpha value is -1.15. The highest BCUT2D eigenvalue weighted by Gasteiger charge is 2.42. The first-order valence-corrected chi connectivity index (χ1v) is 8.69. The molecule has 0 spiro atoms. The molecule has 1 unspecified atom stereocenters. The van der Waals surface area contributed by atoms with Gasteiger partial charge in [0.15, 0.2) is 9.84 Å². The highest BCUT2D eigenvalue weighted by atomic mass is 32.2. The molecule has 1 heterocycles. The van der Waals surface area contributed by atoms with Gasteiger partial charge in [-0.05, 0) is 20.3 Å². The van der Waals surface area contributed by atoms with E-state index in [0.717, 1.165) is 0 Å². The molecule has 122 valence electrons. The van der Waals surface area contributed by atoms with Crippen molar-refractivity contribution in [3.8, 4) is 0 Å². The Morgan fingerprint density at radius 3 is 2.48 bits per heavy atom. The lowest BCUT2D eigenvalue weighted by molar-refractivity contribution is -0.148. The zero-order chi connectivity index (χ0) is 16.3. The number of carbonyl (C=O) groups is 2. The van der Waals surface area contributed by atoms with Gasteiger partial charge in [0.05, 0.1) is 18.1 Å². The standard InChI is InChI=1S/C13H24N2O5S/c1-13(2,11(16)14-6-7-20-4)12(17)15(3)10-5-8-21(18,19)9-10/h10H,5-9H2,1-4H3,(H,14,16). The van der Waals surface area contributed by atoms with Crippen molar-refractivity contribution in [2.75, 3.05) is 38.8 Å². The molecule has 1 fully saturated rings. The largest absolute Gasteiger partial charge is 0.383 e. The molecule has 8 heteroatoms. The summed E-state index contributed by atoms with van der Waals surface area (Å²) >= 11 is 0. The van der Waals surface area contributed by atoms with Crippen molar-refractivity contribution in [3.05, 3.63) is 0 Å². The molecule has 0 radical (unpaired) electrons. The predicted octanol–water partition coefficient (Wildman–Crippen LogP) is -0.579. The Balaban J connectivity index is 2.69. The van der Waals surface area contributed by atoms with E-state index in [2.05, 4.69) is 5.32 Å². The average Bonchev–Trinajstić information content (AvgIpc) is 2.77. The Morgan fingerprint density at radius 1 is 1.38 bits per heavy atom. The fraction of sp³-hybridized carbons (Fsp3) is 0.846. The minimum absolute atomic E-state index is 0.0311. The molecule has 21 heavy (non-hydrogen) atoms. The summed E-state index contributed by atoms with van der Waals surface area (Å²) in [7, 11) is 0.00988. The van der Waals surface area contributed by atoms with Crippen LogP contribution < -0.4 is 5.32 Å². The van der Waals surface area contributed by atoms with Gasteiger partial charge in [-0.25, -0.2) is 8.42 Å². The molecule has 0 aromatic rings. The second-order valence-corrected chi connectivity index (χ2v) is 8.08. The summed E-state index contributed by atoms with van der Waals surface area (Å²) in [4.78, 5) is 26.0. The van der Waals surface area contributed by atoms with E-state index < -0.39 is 21.2 Å². The summed E-state index contributed by atoms with van der Waals surface area (Å²) in [6, 6.07) is -0.353. The summed E-state index contributed by atoms with van der Waals surface area (Å²) in [5, 5.41) is 2.64. The third-order valence-electron chi connectivity index (χ3n) is 3.77. The molecular formula is C13H24N2O5S. The van der Waals surface area contributed by atoms with Gasteiger partial charge < -0.3 is 15.0 Å². The number of hydrogen-bond acceptors (Lipinski definition) is 5. The molecule has 1 aliphatic heterocycles. The lowest BCUT2D eigenvalue weighted by Gasteiger charge is -2.31. The van der Waals surface area contributed by atoms with E-state index in [9.17, 15) is 18.0 Å². The van der Waals surface area contributed by atoms with Crippen LogP contribution in [0.1, 0.15) is 20.3 Å². The maximum absolute atomic E-state index is 12.5. The van der Waals surface area contributed by atoms with Crippen LogP contribution in [0.25, 0.3) is 0 Å². The van der Waals surface area contributed by atoms with E-state index in [4.69, 9.17) is 4.74 Å². The van der Waals surface area contributed by atoms with Gasteiger partial charge in [-0.2, -0.15) is 0 Å². The lowest BCUT2D eigenvalue weighted by Crippen LogP contribution is -2.51. The summed E-state index contributed by atoms with van der Waals surface area (Å²) in [5.74, 6) is -0.705. The van der Waals surface area contributed by atoms with Crippen LogP contribution in [0.4, 0.5) is 0 Å². The number of ether oxygens (including phenoxy) is 1. The van der Waals surface area contributed by atoms with Crippen molar-refractivity contribution < 1.29 is 22.7 Å². The van der Waals surface area contributed by atoms with Gasteiger partial charge in [-0.15, -0.1) is 0 Å². The predicted molar refractivity (Wildman–Crippen MR) is 78.5 cm³/mol. The molecule has 0 aromatic heterocycles. The maximum atomic E-state index is 12.5. The number of methoxy groups -OCH3 is 1. The minimum Gasteiger partial charge on any atom is -0.383 e. The first-order chi connectivity index (χ1) is 9.62. The Morgan fingerprint density at radius 2 is 2.00 bits per heavy atom. The van der Waals surface area contributed by atoms with Gasteiger partial charge in [0.25, 0.3) is 0 Å². The molecule has 7 nitrogen and oxygen atoms in total. The second kappa shape index (κ2) is 6.74. The quantitative estimate of drug-likeness (QED) is 0.522. The van der Waals surface area contributed by atoms with Gasteiger partial charge in [0.2, 0.25) is 11.8 Å². The minimum atomic E-state index is -3.07. The van der Waals surface area contributed by atoms with Crippen molar-refractivity contribution in [2.24, 2.45) is 5.41 Å².